The van der Waals surface area contributed by atoms with Crippen LogP contribution in [-0.4, -0.2) is 33.6 Å². The van der Waals surface area contributed by atoms with Crippen LogP contribution in [0.25, 0.3) is 21.8 Å². The number of aromatic nitrogens is 1. The van der Waals surface area contributed by atoms with Crippen molar-refractivity contribution in [3.05, 3.63) is 118 Å². The zero-order chi connectivity index (χ0) is 30.5. The van der Waals surface area contributed by atoms with Crippen molar-refractivity contribution in [3.63, 3.8) is 0 Å². The lowest BCUT2D eigenvalue weighted by atomic mass is 9.97. The standard InChI is InChI=1S/C35H31ClN2O4S/c1-4-38-32-15-13-24(34(40)27-11-7-5-9-22(27)2)19-28(32)29-20-25(14-16-33(29)38)35(41)31(37-42-23(3)39)17-18-43-21-26-10-6-8-12-30(26)36/h5-16,19-20H,4,17-18,21H2,1-3H3/b37-31+. The molecule has 0 spiro atoms. The smallest absolute Gasteiger partial charge is 0.331 e. The van der Waals surface area contributed by atoms with Crippen LogP contribution >= 0.6 is 23.4 Å². The number of carbonyl (C=O) groups is 3. The van der Waals surface area contributed by atoms with Crippen LogP contribution in [0.4, 0.5) is 0 Å². The Morgan fingerprint density at radius 2 is 1.53 bits per heavy atom. The number of oxime groups is 1. The maximum Gasteiger partial charge on any atom is 0.331 e. The van der Waals surface area contributed by atoms with Gasteiger partial charge in [-0.2, -0.15) is 11.8 Å². The number of carbonyl (C=O) groups excluding carboxylic acids is 3. The van der Waals surface area contributed by atoms with Gasteiger partial charge >= 0.3 is 5.97 Å². The molecule has 0 aliphatic carbocycles. The summed E-state index contributed by atoms with van der Waals surface area (Å²) >= 11 is 7.89. The Morgan fingerprint density at radius 1 is 0.884 bits per heavy atom. The van der Waals surface area contributed by atoms with Gasteiger partial charge in [0.25, 0.3) is 0 Å². The summed E-state index contributed by atoms with van der Waals surface area (Å²) in [4.78, 5) is 43.6. The van der Waals surface area contributed by atoms with Crippen LogP contribution in [-0.2, 0) is 21.9 Å². The van der Waals surface area contributed by atoms with Gasteiger partial charge in [0.15, 0.2) is 5.78 Å². The predicted octanol–water partition coefficient (Wildman–Crippen LogP) is 8.43. The Bertz CT molecular complexity index is 1890. The van der Waals surface area contributed by atoms with Crippen molar-refractivity contribution < 1.29 is 19.2 Å². The van der Waals surface area contributed by atoms with Gasteiger partial charge in [0.1, 0.15) is 5.71 Å². The molecule has 0 amide bonds. The van der Waals surface area contributed by atoms with Crippen molar-refractivity contribution in [1.82, 2.24) is 4.57 Å². The molecule has 1 heterocycles. The highest BCUT2D eigenvalue weighted by atomic mass is 35.5. The molecule has 5 aromatic rings. The number of rotatable bonds is 11. The topological polar surface area (TPSA) is 77.7 Å². The van der Waals surface area contributed by atoms with Crippen LogP contribution in [0.5, 0.6) is 0 Å². The third kappa shape index (κ3) is 6.58. The second kappa shape index (κ2) is 13.4. The van der Waals surface area contributed by atoms with E-state index in [0.717, 1.165) is 39.5 Å². The molecular formula is C35H31ClN2O4S. The summed E-state index contributed by atoms with van der Waals surface area (Å²) in [5.41, 5.74) is 5.71. The van der Waals surface area contributed by atoms with Gasteiger partial charge in [0, 0.05) is 69.2 Å². The van der Waals surface area contributed by atoms with Crippen molar-refractivity contribution >= 4 is 68.4 Å². The lowest BCUT2D eigenvalue weighted by Crippen LogP contribution is -2.17. The molecule has 0 saturated heterocycles. The van der Waals surface area contributed by atoms with Crippen LogP contribution in [0.2, 0.25) is 5.02 Å². The van der Waals surface area contributed by atoms with E-state index in [1.807, 2.05) is 85.8 Å². The average Bonchev–Trinajstić information content (AvgIpc) is 3.33. The van der Waals surface area contributed by atoms with Gasteiger partial charge in [-0.3, -0.25) is 9.59 Å². The van der Waals surface area contributed by atoms with Crippen molar-refractivity contribution in [2.24, 2.45) is 5.16 Å². The fourth-order valence-corrected chi connectivity index (χ4v) is 6.40. The molecule has 0 N–H and O–H groups in total. The monoisotopic (exact) mass is 610 g/mol. The molecule has 0 unspecified atom stereocenters. The number of nitrogens with zero attached hydrogens (tertiary/aromatic N) is 2. The van der Waals surface area contributed by atoms with E-state index >= 15 is 0 Å². The normalized spacial score (nSPS) is 11.7. The Labute approximate surface area is 259 Å². The van der Waals surface area contributed by atoms with Crippen LogP contribution in [0.15, 0.2) is 90.1 Å². The van der Waals surface area contributed by atoms with Crippen molar-refractivity contribution in [1.29, 1.82) is 0 Å². The highest BCUT2D eigenvalue weighted by molar-refractivity contribution is 7.98. The van der Waals surface area contributed by atoms with E-state index in [0.29, 0.717) is 39.6 Å². The first-order valence-electron chi connectivity index (χ1n) is 14.0. The first-order chi connectivity index (χ1) is 20.8. The summed E-state index contributed by atoms with van der Waals surface area (Å²) in [6, 6.07) is 26.5. The number of aryl methyl sites for hydroxylation is 2. The fraction of sp³-hybridized carbons (Fsp3) is 0.200. The first-order valence-corrected chi connectivity index (χ1v) is 15.6. The van der Waals surface area contributed by atoms with Crippen LogP contribution in [0.3, 0.4) is 0 Å². The zero-order valence-electron chi connectivity index (χ0n) is 24.2. The van der Waals surface area contributed by atoms with Gasteiger partial charge in [0.05, 0.1) is 0 Å². The largest absolute Gasteiger partial charge is 0.341 e. The third-order valence-electron chi connectivity index (χ3n) is 7.34. The zero-order valence-corrected chi connectivity index (χ0v) is 25.8. The number of Topliss-reactive ketones (excluding diaryl/α,β-unsaturated/α-hetero) is 1. The molecule has 0 radical (unpaired) electrons. The number of benzene rings is 4. The third-order valence-corrected chi connectivity index (χ3v) is 8.72. The predicted molar refractivity (Wildman–Crippen MR) is 175 cm³/mol. The molecule has 6 nitrogen and oxygen atoms in total. The minimum atomic E-state index is -0.596. The minimum absolute atomic E-state index is 0.0466. The van der Waals surface area contributed by atoms with Crippen molar-refractivity contribution in [2.45, 2.75) is 39.5 Å². The molecule has 8 heteroatoms. The molecule has 0 saturated carbocycles. The molecule has 5 rings (SSSR count). The molecule has 1 aromatic heterocycles. The summed E-state index contributed by atoms with van der Waals surface area (Å²) in [5, 5.41) is 6.38. The molecule has 0 bridgehead atoms. The Kier molecular flexibility index (Phi) is 9.43. The fourth-order valence-electron chi connectivity index (χ4n) is 5.16. The molecular weight excluding hydrogens is 580 g/mol. The van der Waals surface area contributed by atoms with Gasteiger partial charge < -0.3 is 9.40 Å². The highest BCUT2D eigenvalue weighted by Gasteiger charge is 2.20. The highest BCUT2D eigenvalue weighted by Crippen LogP contribution is 2.32. The molecule has 0 fully saturated rings. The lowest BCUT2D eigenvalue weighted by molar-refractivity contribution is -0.140. The summed E-state index contributed by atoms with van der Waals surface area (Å²) in [6.45, 7) is 5.96. The summed E-state index contributed by atoms with van der Waals surface area (Å²) < 4.78 is 2.17. The number of hydrogen-bond donors (Lipinski definition) is 0. The maximum atomic E-state index is 13.7. The SMILES string of the molecule is CCn1c2ccc(C(=O)/C(CCSCc3ccccc3Cl)=N/OC(C)=O)cc2c2cc(C(=O)c3ccccc3C)ccc21. The lowest BCUT2D eigenvalue weighted by Gasteiger charge is -2.08. The molecule has 0 atom stereocenters. The second-order valence-corrected chi connectivity index (χ2v) is 11.7. The van der Waals surface area contributed by atoms with E-state index in [1.54, 1.807) is 17.8 Å². The van der Waals surface area contributed by atoms with Gasteiger partial charge in [-0.05, 0) is 73.2 Å². The number of hydrogen-bond acceptors (Lipinski definition) is 6. The summed E-state index contributed by atoms with van der Waals surface area (Å²) in [5.74, 6) is 0.307. The molecule has 218 valence electrons. The van der Waals surface area contributed by atoms with Gasteiger partial charge in [0.2, 0.25) is 5.78 Å². The van der Waals surface area contributed by atoms with Crippen molar-refractivity contribution in [3.8, 4) is 0 Å². The van der Waals surface area contributed by atoms with Crippen LogP contribution in [0.1, 0.15) is 57.7 Å². The molecule has 0 aliphatic rings. The first kappa shape index (κ1) is 30.3. The second-order valence-electron chi connectivity index (χ2n) is 10.2. The summed E-state index contributed by atoms with van der Waals surface area (Å²) in [6.07, 6.45) is 0.311. The van der Waals surface area contributed by atoms with Gasteiger partial charge in [-0.25, -0.2) is 4.79 Å². The number of halogens is 1. The van der Waals surface area contributed by atoms with E-state index in [4.69, 9.17) is 16.4 Å². The minimum Gasteiger partial charge on any atom is -0.341 e. The van der Waals surface area contributed by atoms with E-state index in [9.17, 15) is 14.4 Å². The van der Waals surface area contributed by atoms with Crippen LogP contribution < -0.4 is 0 Å². The van der Waals surface area contributed by atoms with E-state index in [2.05, 4.69) is 16.6 Å². The van der Waals surface area contributed by atoms with Gasteiger partial charge in [-0.1, -0.05) is 59.2 Å². The number of thioether (sulfide) groups is 1. The quantitative estimate of drug-likeness (QED) is 0.0493. The molecule has 43 heavy (non-hydrogen) atoms. The van der Waals surface area contributed by atoms with Crippen LogP contribution in [0, 0.1) is 6.92 Å². The molecule has 0 aliphatic heterocycles. The van der Waals surface area contributed by atoms with E-state index in [-0.39, 0.29) is 17.3 Å². The maximum absolute atomic E-state index is 13.7. The Hall–Kier alpha value is -4.20. The number of ketones is 2. The van der Waals surface area contributed by atoms with Crippen molar-refractivity contribution in [2.75, 3.05) is 5.75 Å². The van der Waals surface area contributed by atoms with E-state index in [1.165, 1.54) is 6.92 Å². The molecule has 4 aromatic carbocycles. The Balaban J connectivity index is 1.46. The average molecular weight is 611 g/mol. The Morgan fingerprint density at radius 3 is 2.21 bits per heavy atom. The van der Waals surface area contributed by atoms with Gasteiger partial charge in [-0.15, -0.1) is 0 Å². The summed E-state index contributed by atoms with van der Waals surface area (Å²) in [7, 11) is 0. The number of fused-ring (bicyclic) bond motifs is 3. The van der Waals surface area contributed by atoms with E-state index < -0.39 is 5.97 Å².